The van der Waals surface area contributed by atoms with Crippen molar-refractivity contribution in [3.8, 4) is 0 Å². The van der Waals surface area contributed by atoms with Gasteiger partial charge in [-0.15, -0.1) is 0 Å². The number of carbonyl (C=O) groups is 2. The molecule has 3 atom stereocenters. The van der Waals surface area contributed by atoms with Crippen molar-refractivity contribution in [3.63, 3.8) is 0 Å². The first-order valence-electron chi connectivity index (χ1n) is 11.6. The highest BCUT2D eigenvalue weighted by Gasteiger charge is 2.55. The molecule has 1 N–H and O–H groups in total. The van der Waals surface area contributed by atoms with E-state index in [4.69, 9.17) is 0 Å². The average molecular weight is 434 g/mol. The molecule has 0 aliphatic carbocycles. The number of benzene rings is 2. The predicted molar refractivity (Wildman–Crippen MR) is 122 cm³/mol. The monoisotopic (exact) mass is 433 g/mol. The maximum atomic E-state index is 13.5. The van der Waals surface area contributed by atoms with Gasteiger partial charge in [0.15, 0.2) is 0 Å². The van der Waals surface area contributed by atoms with E-state index in [9.17, 15) is 9.59 Å². The van der Waals surface area contributed by atoms with Gasteiger partial charge in [0.25, 0.3) is 5.91 Å². The minimum absolute atomic E-state index is 0.0394. The lowest BCUT2D eigenvalue weighted by Gasteiger charge is -2.43. The van der Waals surface area contributed by atoms with Crippen molar-refractivity contribution in [1.82, 2.24) is 24.9 Å². The fourth-order valence-electron chi connectivity index (χ4n) is 5.27. The number of nitrogens with one attached hydrogen (secondary N) is 1. The van der Waals surface area contributed by atoms with E-state index in [1.807, 2.05) is 31.3 Å². The Bertz CT molecular complexity index is 953. The Balaban J connectivity index is 1.29. The summed E-state index contributed by atoms with van der Waals surface area (Å²) in [5.41, 5.74) is 2.48. The first-order chi connectivity index (χ1) is 15.6. The quantitative estimate of drug-likeness (QED) is 0.758. The lowest BCUT2D eigenvalue weighted by atomic mass is 10.1. The van der Waals surface area contributed by atoms with Gasteiger partial charge in [0.2, 0.25) is 0 Å². The van der Waals surface area contributed by atoms with Crippen LogP contribution >= 0.6 is 0 Å². The Kier molecular flexibility index (Phi) is 5.95. The molecule has 3 saturated heterocycles. The maximum Gasteiger partial charge on any atom is 0.327 e. The van der Waals surface area contributed by atoms with Crippen LogP contribution < -0.4 is 5.32 Å². The number of nitrogens with zero attached hydrogens (tertiary/aromatic N) is 4. The lowest BCUT2D eigenvalue weighted by Crippen LogP contribution is -2.66. The van der Waals surface area contributed by atoms with Gasteiger partial charge in [0, 0.05) is 33.2 Å². The van der Waals surface area contributed by atoms with E-state index in [2.05, 4.69) is 51.5 Å². The van der Waals surface area contributed by atoms with E-state index in [0.717, 1.165) is 38.9 Å². The summed E-state index contributed by atoms with van der Waals surface area (Å²) < 4.78 is 0. The number of imide groups is 1. The first-order valence-corrected chi connectivity index (χ1v) is 11.6. The normalized spacial score (nSPS) is 26.3. The molecule has 7 heteroatoms. The van der Waals surface area contributed by atoms with Crippen molar-refractivity contribution in [1.29, 1.82) is 0 Å². The summed E-state index contributed by atoms with van der Waals surface area (Å²) in [6, 6.07) is 20.1. The summed E-state index contributed by atoms with van der Waals surface area (Å²) in [6.45, 7) is 3.10. The average Bonchev–Trinajstić information content (AvgIpc) is 3.22. The largest absolute Gasteiger partial charge is 0.327 e. The van der Waals surface area contributed by atoms with Gasteiger partial charge in [-0.05, 0) is 30.4 Å². The highest BCUT2D eigenvalue weighted by atomic mass is 16.2. The molecule has 7 nitrogen and oxygen atoms in total. The Labute approximate surface area is 189 Å². The topological polar surface area (TPSA) is 59.1 Å². The first kappa shape index (κ1) is 21.1. The Morgan fingerprint density at radius 1 is 0.938 bits per heavy atom. The summed E-state index contributed by atoms with van der Waals surface area (Å²) in [7, 11) is 1.81. The zero-order valence-corrected chi connectivity index (χ0v) is 18.6. The van der Waals surface area contributed by atoms with E-state index < -0.39 is 0 Å². The van der Waals surface area contributed by atoms with Gasteiger partial charge in [0.05, 0.1) is 0 Å². The number of likely N-dealkylation sites (N-methyl/N-ethyl adjacent to an activating group) is 1. The molecule has 2 aromatic carbocycles. The molecule has 3 aliphatic rings. The van der Waals surface area contributed by atoms with Gasteiger partial charge in [0.1, 0.15) is 18.5 Å². The number of fused-ring (bicyclic) bond motifs is 3. The molecule has 3 heterocycles. The lowest BCUT2D eigenvalue weighted by molar-refractivity contribution is -0.140. The minimum Gasteiger partial charge on any atom is -0.310 e. The highest BCUT2D eigenvalue weighted by molar-refractivity contribution is 6.00. The van der Waals surface area contributed by atoms with Crippen LogP contribution in [0.15, 0.2) is 60.7 Å². The third-order valence-corrected chi connectivity index (χ3v) is 6.89. The standard InChI is InChI=1S/C25H31N5O2/c1-27-22-21(23(31)30(25(27)32)16-8-14-19-10-4-2-5-11-19)29-17-9-15-28(24(29)26-22)18-20-12-6-3-7-13-20/h2-7,10-13,21-22,24,26H,8-9,14-18H2,1H3. The molecule has 5 rings (SSSR count). The molecule has 0 spiro atoms. The van der Waals surface area contributed by atoms with E-state index in [-0.39, 0.29) is 30.4 Å². The molecular formula is C25H31N5O2. The third kappa shape index (κ3) is 3.92. The zero-order valence-electron chi connectivity index (χ0n) is 18.6. The molecule has 0 bridgehead atoms. The van der Waals surface area contributed by atoms with E-state index in [1.165, 1.54) is 16.0 Å². The van der Waals surface area contributed by atoms with Crippen molar-refractivity contribution in [2.75, 3.05) is 26.7 Å². The van der Waals surface area contributed by atoms with Crippen molar-refractivity contribution in [2.24, 2.45) is 0 Å². The maximum absolute atomic E-state index is 13.5. The Morgan fingerprint density at radius 3 is 2.34 bits per heavy atom. The molecule has 0 radical (unpaired) electrons. The molecule has 0 aromatic heterocycles. The summed E-state index contributed by atoms with van der Waals surface area (Å²) >= 11 is 0. The number of urea groups is 1. The molecule has 168 valence electrons. The van der Waals surface area contributed by atoms with E-state index in [1.54, 1.807) is 4.90 Å². The summed E-state index contributed by atoms with van der Waals surface area (Å²) in [4.78, 5) is 34.4. The van der Waals surface area contributed by atoms with Crippen molar-refractivity contribution < 1.29 is 9.59 Å². The molecule has 3 aliphatic heterocycles. The number of hydrogen-bond acceptors (Lipinski definition) is 5. The number of carbonyl (C=O) groups excluding carboxylic acids is 2. The molecule has 3 unspecified atom stereocenters. The Hall–Kier alpha value is -2.74. The summed E-state index contributed by atoms with van der Waals surface area (Å²) in [5.74, 6) is -0.0669. The van der Waals surface area contributed by atoms with Crippen molar-refractivity contribution in [2.45, 2.75) is 44.3 Å². The van der Waals surface area contributed by atoms with Gasteiger partial charge in [-0.25, -0.2) is 4.79 Å². The fraction of sp³-hybridized carbons (Fsp3) is 0.440. The summed E-state index contributed by atoms with van der Waals surface area (Å²) in [5, 5.41) is 3.59. The van der Waals surface area contributed by atoms with E-state index in [0.29, 0.717) is 6.54 Å². The predicted octanol–water partition coefficient (Wildman–Crippen LogP) is 2.30. The number of aryl methyl sites for hydroxylation is 1. The van der Waals surface area contributed by atoms with Gasteiger partial charge in [-0.3, -0.25) is 24.8 Å². The van der Waals surface area contributed by atoms with Crippen LogP contribution in [-0.2, 0) is 17.8 Å². The summed E-state index contributed by atoms with van der Waals surface area (Å²) in [6.07, 6.45) is 2.30. The van der Waals surface area contributed by atoms with Gasteiger partial charge >= 0.3 is 6.03 Å². The van der Waals surface area contributed by atoms with Crippen LogP contribution in [0.3, 0.4) is 0 Å². The third-order valence-electron chi connectivity index (χ3n) is 6.89. The molecule has 32 heavy (non-hydrogen) atoms. The Morgan fingerprint density at radius 2 is 1.62 bits per heavy atom. The van der Waals surface area contributed by atoms with Crippen molar-refractivity contribution in [3.05, 3.63) is 71.8 Å². The second-order valence-electron chi connectivity index (χ2n) is 8.95. The van der Waals surface area contributed by atoms with Crippen LogP contribution in [0.4, 0.5) is 4.79 Å². The molecule has 3 amide bonds. The van der Waals surface area contributed by atoms with Crippen LogP contribution in [0.5, 0.6) is 0 Å². The van der Waals surface area contributed by atoms with Crippen LogP contribution in [0.25, 0.3) is 0 Å². The van der Waals surface area contributed by atoms with Crippen LogP contribution in [-0.4, -0.2) is 76.7 Å². The fourth-order valence-corrected chi connectivity index (χ4v) is 5.27. The van der Waals surface area contributed by atoms with Gasteiger partial charge < -0.3 is 4.90 Å². The number of rotatable bonds is 6. The van der Waals surface area contributed by atoms with Gasteiger partial charge in [-0.2, -0.15) is 0 Å². The van der Waals surface area contributed by atoms with E-state index >= 15 is 0 Å². The molecule has 3 fully saturated rings. The van der Waals surface area contributed by atoms with Crippen LogP contribution in [0.1, 0.15) is 24.0 Å². The SMILES string of the molecule is CN1C(=O)N(CCCc2ccccc2)C(=O)C2C1NC1N(Cc3ccccc3)CCCN21. The molecular weight excluding hydrogens is 402 g/mol. The molecule has 0 saturated carbocycles. The van der Waals surface area contributed by atoms with Gasteiger partial charge in [-0.1, -0.05) is 60.7 Å². The van der Waals surface area contributed by atoms with Crippen LogP contribution in [0.2, 0.25) is 0 Å². The zero-order chi connectivity index (χ0) is 22.1. The smallest absolute Gasteiger partial charge is 0.310 e. The second kappa shape index (κ2) is 9.02. The second-order valence-corrected chi connectivity index (χ2v) is 8.95. The number of hydrogen-bond donors (Lipinski definition) is 1. The number of amides is 3. The van der Waals surface area contributed by atoms with Crippen LogP contribution in [0, 0.1) is 0 Å². The van der Waals surface area contributed by atoms with Crippen molar-refractivity contribution >= 4 is 11.9 Å². The minimum atomic E-state index is -0.335. The highest BCUT2D eigenvalue weighted by Crippen LogP contribution is 2.31. The molecule has 2 aromatic rings.